The largest absolute Gasteiger partial charge is 0.387 e. The second-order valence-corrected chi connectivity index (χ2v) is 4.36. The maximum atomic E-state index is 10.5. The van der Waals surface area contributed by atoms with Gasteiger partial charge in [-0.05, 0) is 12.8 Å². The summed E-state index contributed by atoms with van der Waals surface area (Å²) in [6.45, 7) is 7.03. The lowest BCUT2D eigenvalue weighted by Crippen LogP contribution is -2.42. The third kappa shape index (κ3) is 2.80. The molecule has 1 heterocycles. The lowest BCUT2D eigenvalue weighted by atomic mass is 9.87. The van der Waals surface area contributed by atoms with Crippen LogP contribution in [0.4, 0.5) is 0 Å². The standard InChI is InChI=1S/C11H21N3O2/c1-5-14-10(12-8-13-14)6-11(15,7-16-4)9(2)3/h8-9,15H,5-7H2,1-4H3. The van der Waals surface area contributed by atoms with Gasteiger partial charge in [0.15, 0.2) is 0 Å². The van der Waals surface area contributed by atoms with Crippen LogP contribution < -0.4 is 0 Å². The van der Waals surface area contributed by atoms with Crippen LogP contribution in [0.15, 0.2) is 6.33 Å². The van der Waals surface area contributed by atoms with Crippen molar-refractivity contribution in [2.75, 3.05) is 13.7 Å². The van der Waals surface area contributed by atoms with Gasteiger partial charge in [0.1, 0.15) is 12.2 Å². The second-order valence-electron chi connectivity index (χ2n) is 4.36. The highest BCUT2D eigenvalue weighted by Crippen LogP contribution is 2.21. The smallest absolute Gasteiger partial charge is 0.138 e. The van der Waals surface area contributed by atoms with Crippen LogP contribution in [-0.2, 0) is 17.7 Å². The van der Waals surface area contributed by atoms with Gasteiger partial charge in [-0.3, -0.25) is 4.68 Å². The summed E-state index contributed by atoms with van der Waals surface area (Å²) in [5.74, 6) is 0.908. The van der Waals surface area contributed by atoms with Gasteiger partial charge in [-0.25, -0.2) is 4.98 Å². The minimum atomic E-state index is -0.880. The Kier molecular flexibility index (Phi) is 4.44. The molecule has 1 atom stereocenters. The van der Waals surface area contributed by atoms with Gasteiger partial charge in [-0.1, -0.05) is 13.8 Å². The van der Waals surface area contributed by atoms with E-state index in [1.165, 1.54) is 6.33 Å². The summed E-state index contributed by atoms with van der Waals surface area (Å²) in [5.41, 5.74) is -0.880. The molecule has 1 rings (SSSR count). The van der Waals surface area contributed by atoms with Gasteiger partial charge in [0.05, 0.1) is 12.2 Å². The first kappa shape index (κ1) is 13.1. The summed E-state index contributed by atoms with van der Waals surface area (Å²) in [4.78, 5) is 4.17. The average Bonchev–Trinajstić information content (AvgIpc) is 2.65. The van der Waals surface area contributed by atoms with E-state index in [0.717, 1.165) is 12.4 Å². The van der Waals surface area contributed by atoms with Crippen LogP contribution >= 0.6 is 0 Å². The predicted octanol–water partition coefficient (Wildman–Crippen LogP) is 0.874. The molecule has 0 spiro atoms. The third-order valence-electron chi connectivity index (χ3n) is 2.93. The van der Waals surface area contributed by atoms with Crippen LogP contribution in [0.25, 0.3) is 0 Å². The molecule has 1 aromatic rings. The second kappa shape index (κ2) is 5.41. The third-order valence-corrected chi connectivity index (χ3v) is 2.93. The first-order chi connectivity index (χ1) is 7.53. The van der Waals surface area contributed by atoms with Gasteiger partial charge in [-0.15, -0.1) is 0 Å². The van der Waals surface area contributed by atoms with Crippen molar-refractivity contribution < 1.29 is 9.84 Å². The SMILES string of the molecule is CCn1ncnc1CC(O)(COC)C(C)C. The molecule has 0 saturated heterocycles. The Morgan fingerprint density at radius 3 is 2.75 bits per heavy atom. The van der Waals surface area contributed by atoms with E-state index >= 15 is 0 Å². The highest BCUT2D eigenvalue weighted by Gasteiger charge is 2.33. The lowest BCUT2D eigenvalue weighted by molar-refractivity contribution is -0.0655. The van der Waals surface area contributed by atoms with E-state index in [-0.39, 0.29) is 5.92 Å². The molecule has 0 aromatic carbocycles. The summed E-state index contributed by atoms with van der Waals surface area (Å²) >= 11 is 0. The number of hydrogen-bond acceptors (Lipinski definition) is 4. The van der Waals surface area contributed by atoms with Gasteiger partial charge < -0.3 is 9.84 Å². The van der Waals surface area contributed by atoms with Crippen molar-refractivity contribution in [2.24, 2.45) is 5.92 Å². The monoisotopic (exact) mass is 227 g/mol. The van der Waals surface area contributed by atoms with E-state index in [1.807, 2.05) is 20.8 Å². The summed E-state index contributed by atoms with van der Waals surface area (Å²) in [7, 11) is 1.60. The number of aryl methyl sites for hydroxylation is 1. The maximum Gasteiger partial charge on any atom is 0.138 e. The molecule has 92 valence electrons. The van der Waals surface area contributed by atoms with Gasteiger partial charge in [0.2, 0.25) is 0 Å². The molecule has 0 radical (unpaired) electrons. The minimum Gasteiger partial charge on any atom is -0.387 e. The Hall–Kier alpha value is -0.940. The van der Waals surface area contributed by atoms with Crippen molar-refractivity contribution in [1.82, 2.24) is 14.8 Å². The van der Waals surface area contributed by atoms with Gasteiger partial charge in [0.25, 0.3) is 0 Å². The zero-order valence-electron chi connectivity index (χ0n) is 10.5. The molecule has 0 amide bonds. The van der Waals surface area contributed by atoms with Crippen molar-refractivity contribution in [2.45, 2.75) is 39.3 Å². The molecule has 0 aliphatic rings. The fraction of sp³-hybridized carbons (Fsp3) is 0.818. The van der Waals surface area contributed by atoms with E-state index in [2.05, 4.69) is 10.1 Å². The topological polar surface area (TPSA) is 60.2 Å². The van der Waals surface area contributed by atoms with Crippen LogP contribution in [0.1, 0.15) is 26.6 Å². The fourth-order valence-electron chi connectivity index (χ4n) is 1.63. The summed E-state index contributed by atoms with van der Waals surface area (Å²) < 4.78 is 6.88. The van der Waals surface area contributed by atoms with E-state index < -0.39 is 5.60 Å². The number of aromatic nitrogens is 3. The summed E-state index contributed by atoms with van der Waals surface area (Å²) in [6.07, 6.45) is 1.98. The van der Waals surface area contributed by atoms with E-state index in [4.69, 9.17) is 4.74 Å². The van der Waals surface area contributed by atoms with Crippen molar-refractivity contribution in [3.05, 3.63) is 12.2 Å². The molecule has 0 bridgehead atoms. The first-order valence-corrected chi connectivity index (χ1v) is 5.61. The molecule has 5 heteroatoms. The van der Waals surface area contributed by atoms with Crippen LogP contribution in [0.2, 0.25) is 0 Å². The summed E-state index contributed by atoms with van der Waals surface area (Å²) in [6, 6.07) is 0. The van der Waals surface area contributed by atoms with Crippen LogP contribution in [-0.4, -0.2) is 39.2 Å². The molecule has 0 saturated carbocycles. The molecule has 1 unspecified atom stereocenters. The van der Waals surface area contributed by atoms with Gasteiger partial charge in [-0.2, -0.15) is 5.10 Å². The van der Waals surface area contributed by atoms with E-state index in [1.54, 1.807) is 11.8 Å². The van der Waals surface area contributed by atoms with Gasteiger partial charge >= 0.3 is 0 Å². The molecular weight excluding hydrogens is 206 g/mol. The zero-order valence-corrected chi connectivity index (χ0v) is 10.5. The lowest BCUT2D eigenvalue weighted by Gasteiger charge is -2.31. The molecule has 16 heavy (non-hydrogen) atoms. The highest BCUT2D eigenvalue weighted by molar-refractivity contribution is 4.96. The molecule has 1 aromatic heterocycles. The van der Waals surface area contributed by atoms with Crippen molar-refractivity contribution in [3.8, 4) is 0 Å². The molecule has 1 N–H and O–H groups in total. The Balaban J connectivity index is 2.83. The molecule has 5 nitrogen and oxygen atoms in total. The normalized spacial score (nSPS) is 15.4. The van der Waals surface area contributed by atoms with Crippen LogP contribution in [0, 0.1) is 5.92 Å². The first-order valence-electron chi connectivity index (χ1n) is 5.61. The van der Waals surface area contributed by atoms with Gasteiger partial charge in [0, 0.05) is 20.1 Å². The molecular formula is C11H21N3O2. The number of rotatable bonds is 6. The fourth-order valence-corrected chi connectivity index (χ4v) is 1.63. The Morgan fingerprint density at radius 1 is 1.56 bits per heavy atom. The van der Waals surface area contributed by atoms with Crippen molar-refractivity contribution >= 4 is 0 Å². The van der Waals surface area contributed by atoms with E-state index in [0.29, 0.717) is 13.0 Å². The van der Waals surface area contributed by atoms with Crippen LogP contribution in [0.5, 0.6) is 0 Å². The number of ether oxygens (including phenoxy) is 1. The summed E-state index contributed by atoms with van der Waals surface area (Å²) in [5, 5.41) is 14.6. The Bertz CT molecular complexity index is 325. The molecule has 0 aliphatic carbocycles. The van der Waals surface area contributed by atoms with Crippen molar-refractivity contribution in [1.29, 1.82) is 0 Å². The molecule has 0 fully saturated rings. The Morgan fingerprint density at radius 2 is 2.25 bits per heavy atom. The maximum absolute atomic E-state index is 10.5. The number of aliphatic hydroxyl groups is 1. The van der Waals surface area contributed by atoms with Crippen molar-refractivity contribution in [3.63, 3.8) is 0 Å². The number of hydrogen-bond donors (Lipinski definition) is 1. The number of nitrogens with zero attached hydrogens (tertiary/aromatic N) is 3. The highest BCUT2D eigenvalue weighted by atomic mass is 16.5. The zero-order chi connectivity index (χ0) is 12.2. The predicted molar refractivity (Wildman–Crippen MR) is 61.1 cm³/mol. The Labute approximate surface area is 96.5 Å². The minimum absolute atomic E-state index is 0.106. The van der Waals surface area contributed by atoms with E-state index in [9.17, 15) is 5.11 Å². The quantitative estimate of drug-likeness (QED) is 0.783. The van der Waals surface area contributed by atoms with Crippen LogP contribution in [0.3, 0.4) is 0 Å². The molecule has 0 aliphatic heterocycles. The number of methoxy groups -OCH3 is 1. The average molecular weight is 227 g/mol.